The number of ether oxygens (including phenoxy) is 3. The summed E-state index contributed by atoms with van der Waals surface area (Å²) in [7, 11) is 3.17. The third-order valence-electron chi connectivity index (χ3n) is 5.51. The van der Waals surface area contributed by atoms with Gasteiger partial charge in [0, 0.05) is 20.8 Å². The Labute approximate surface area is 189 Å². The van der Waals surface area contributed by atoms with E-state index in [1.807, 2.05) is 6.92 Å². The molecule has 0 rings (SSSR count). The lowest BCUT2D eigenvalue weighted by Gasteiger charge is -2.46. The minimum atomic E-state index is -1.46. The molecule has 0 amide bonds. The highest BCUT2D eigenvalue weighted by Crippen LogP contribution is 2.31. The highest BCUT2D eigenvalue weighted by atomic mass is 16.6. The van der Waals surface area contributed by atoms with Gasteiger partial charge in [-0.1, -0.05) is 0 Å². The first-order chi connectivity index (χ1) is 14.7. The SMILES string of the molecule is COCC(C)(CNCCCNCCCCNCCCN)OC(C)(COC)C(C)(O)CO. The smallest absolute Gasteiger partial charge is 0.120 e. The van der Waals surface area contributed by atoms with E-state index in [2.05, 4.69) is 16.0 Å². The van der Waals surface area contributed by atoms with E-state index in [1.54, 1.807) is 28.1 Å². The largest absolute Gasteiger partial charge is 0.393 e. The molecule has 0 aromatic heterocycles. The Morgan fingerprint density at radius 2 is 1.29 bits per heavy atom. The second kappa shape index (κ2) is 17.2. The third-order valence-corrected chi connectivity index (χ3v) is 5.51. The molecule has 0 bridgehead atoms. The van der Waals surface area contributed by atoms with E-state index in [0.717, 1.165) is 58.5 Å². The Bertz CT molecular complexity index is 431. The number of unbranched alkanes of at least 4 members (excludes halogenated alkanes) is 1. The van der Waals surface area contributed by atoms with Crippen molar-refractivity contribution in [2.75, 3.05) is 79.9 Å². The van der Waals surface area contributed by atoms with Crippen molar-refractivity contribution >= 4 is 0 Å². The maximum Gasteiger partial charge on any atom is 0.120 e. The minimum Gasteiger partial charge on any atom is -0.393 e. The number of nitrogens with one attached hydrogen (secondary N) is 3. The Balaban J connectivity index is 4.21. The number of hydrogen-bond acceptors (Lipinski definition) is 9. The highest BCUT2D eigenvalue weighted by molar-refractivity contribution is 4.98. The second-order valence-electron chi connectivity index (χ2n) is 8.96. The van der Waals surface area contributed by atoms with Crippen molar-refractivity contribution in [3.05, 3.63) is 0 Å². The Morgan fingerprint density at radius 3 is 1.81 bits per heavy atom. The van der Waals surface area contributed by atoms with Crippen LogP contribution in [0.2, 0.25) is 0 Å². The Hall–Kier alpha value is -0.360. The molecule has 3 unspecified atom stereocenters. The van der Waals surface area contributed by atoms with Crippen molar-refractivity contribution in [3.8, 4) is 0 Å². The molecule has 0 saturated carbocycles. The van der Waals surface area contributed by atoms with Gasteiger partial charge in [-0.15, -0.1) is 0 Å². The topological polar surface area (TPSA) is 130 Å². The molecule has 7 N–H and O–H groups in total. The lowest BCUT2D eigenvalue weighted by atomic mass is 9.86. The van der Waals surface area contributed by atoms with Crippen LogP contribution >= 0.6 is 0 Å². The van der Waals surface area contributed by atoms with Gasteiger partial charge in [-0.3, -0.25) is 0 Å². The molecule has 31 heavy (non-hydrogen) atoms. The molecule has 0 saturated heterocycles. The fourth-order valence-corrected chi connectivity index (χ4v) is 3.37. The van der Waals surface area contributed by atoms with E-state index in [9.17, 15) is 10.2 Å². The summed E-state index contributed by atoms with van der Waals surface area (Å²) in [4.78, 5) is 0. The first-order valence-corrected chi connectivity index (χ1v) is 11.5. The van der Waals surface area contributed by atoms with E-state index in [4.69, 9.17) is 19.9 Å². The molecular formula is C22H50N4O5. The molecule has 0 radical (unpaired) electrons. The summed E-state index contributed by atoms with van der Waals surface area (Å²) in [5, 5.41) is 30.6. The molecule has 0 aliphatic heterocycles. The Morgan fingerprint density at radius 1 is 0.774 bits per heavy atom. The van der Waals surface area contributed by atoms with Crippen LogP contribution in [0.5, 0.6) is 0 Å². The van der Waals surface area contributed by atoms with Crippen molar-refractivity contribution in [2.24, 2.45) is 5.73 Å². The van der Waals surface area contributed by atoms with Gasteiger partial charge in [0.25, 0.3) is 0 Å². The molecule has 3 atom stereocenters. The zero-order valence-electron chi connectivity index (χ0n) is 20.6. The van der Waals surface area contributed by atoms with Crippen LogP contribution < -0.4 is 21.7 Å². The van der Waals surface area contributed by atoms with Gasteiger partial charge in [-0.2, -0.15) is 0 Å². The summed E-state index contributed by atoms with van der Waals surface area (Å²) < 4.78 is 17.0. The molecule has 0 fully saturated rings. The van der Waals surface area contributed by atoms with Crippen LogP contribution in [-0.2, 0) is 14.2 Å². The van der Waals surface area contributed by atoms with Crippen molar-refractivity contribution in [1.29, 1.82) is 0 Å². The van der Waals surface area contributed by atoms with E-state index >= 15 is 0 Å². The summed E-state index contributed by atoms with van der Waals surface area (Å²) in [6, 6.07) is 0. The standard InChI is InChI=1S/C22H50N4O5/c1-20(18-29-4,31-22(3,19-30-5)21(2,28)17-27)16-26-15-9-14-25-12-7-6-11-24-13-8-10-23/h24-28H,6-19,23H2,1-5H3. The predicted octanol–water partition coefficient (Wildman–Crippen LogP) is -0.156. The van der Waals surface area contributed by atoms with Crippen LogP contribution in [0.15, 0.2) is 0 Å². The molecule has 0 heterocycles. The first kappa shape index (κ1) is 30.6. The molecular weight excluding hydrogens is 400 g/mol. The van der Waals surface area contributed by atoms with Gasteiger partial charge in [-0.25, -0.2) is 0 Å². The number of hydrogen-bond donors (Lipinski definition) is 6. The van der Waals surface area contributed by atoms with E-state index in [1.165, 1.54) is 6.42 Å². The quantitative estimate of drug-likeness (QED) is 0.125. The molecule has 9 nitrogen and oxygen atoms in total. The van der Waals surface area contributed by atoms with Crippen LogP contribution in [0.1, 0.15) is 46.5 Å². The minimum absolute atomic E-state index is 0.145. The highest BCUT2D eigenvalue weighted by Gasteiger charge is 2.48. The maximum absolute atomic E-state index is 10.7. The molecule has 0 aromatic rings. The summed E-state index contributed by atoms with van der Waals surface area (Å²) in [6.45, 7) is 11.5. The number of nitrogens with two attached hydrogens (primary N) is 1. The number of methoxy groups -OCH3 is 2. The van der Waals surface area contributed by atoms with Gasteiger partial charge < -0.3 is 46.1 Å². The molecule has 0 spiro atoms. The number of aliphatic hydroxyl groups is 2. The predicted molar refractivity (Wildman–Crippen MR) is 125 cm³/mol. The van der Waals surface area contributed by atoms with E-state index in [-0.39, 0.29) is 6.61 Å². The van der Waals surface area contributed by atoms with Crippen molar-refractivity contribution in [3.63, 3.8) is 0 Å². The summed E-state index contributed by atoms with van der Waals surface area (Å²) in [5.41, 5.74) is 2.23. The van der Waals surface area contributed by atoms with Gasteiger partial charge in [-0.05, 0) is 85.7 Å². The average Bonchev–Trinajstić information content (AvgIpc) is 2.71. The summed E-state index contributed by atoms with van der Waals surface area (Å²) >= 11 is 0. The zero-order valence-corrected chi connectivity index (χ0v) is 20.6. The van der Waals surface area contributed by atoms with E-state index in [0.29, 0.717) is 13.2 Å². The van der Waals surface area contributed by atoms with Crippen LogP contribution in [0.25, 0.3) is 0 Å². The van der Waals surface area contributed by atoms with Gasteiger partial charge in [0.1, 0.15) is 16.8 Å². The van der Waals surface area contributed by atoms with Gasteiger partial charge in [0.15, 0.2) is 0 Å². The van der Waals surface area contributed by atoms with Crippen molar-refractivity contribution < 1.29 is 24.4 Å². The van der Waals surface area contributed by atoms with Crippen molar-refractivity contribution in [1.82, 2.24) is 16.0 Å². The van der Waals surface area contributed by atoms with Gasteiger partial charge >= 0.3 is 0 Å². The summed E-state index contributed by atoms with van der Waals surface area (Å²) in [6.07, 6.45) is 4.36. The van der Waals surface area contributed by atoms with E-state index < -0.39 is 23.4 Å². The molecule has 0 aromatic carbocycles. The maximum atomic E-state index is 10.7. The summed E-state index contributed by atoms with van der Waals surface area (Å²) in [5.74, 6) is 0. The molecule has 9 heteroatoms. The fourth-order valence-electron chi connectivity index (χ4n) is 3.37. The zero-order chi connectivity index (χ0) is 23.6. The number of rotatable bonds is 22. The monoisotopic (exact) mass is 450 g/mol. The fraction of sp³-hybridized carbons (Fsp3) is 1.00. The Kier molecular flexibility index (Phi) is 17.0. The first-order valence-electron chi connectivity index (χ1n) is 11.5. The lowest BCUT2D eigenvalue weighted by Crippen LogP contribution is -2.62. The molecule has 0 aliphatic rings. The van der Waals surface area contributed by atoms with Crippen LogP contribution in [-0.4, -0.2) is 107 Å². The number of aliphatic hydroxyl groups excluding tert-OH is 1. The average molecular weight is 451 g/mol. The molecule has 0 aliphatic carbocycles. The third kappa shape index (κ3) is 13.1. The lowest BCUT2D eigenvalue weighted by molar-refractivity contribution is -0.255. The second-order valence-corrected chi connectivity index (χ2v) is 8.96. The van der Waals surface area contributed by atoms with Crippen LogP contribution in [0.3, 0.4) is 0 Å². The van der Waals surface area contributed by atoms with Gasteiger partial charge in [0.2, 0.25) is 0 Å². The normalized spacial score (nSPS) is 17.8. The van der Waals surface area contributed by atoms with Crippen LogP contribution in [0.4, 0.5) is 0 Å². The molecule has 188 valence electrons. The van der Waals surface area contributed by atoms with Gasteiger partial charge in [0.05, 0.1) is 19.8 Å². The van der Waals surface area contributed by atoms with Crippen LogP contribution in [0, 0.1) is 0 Å². The van der Waals surface area contributed by atoms with Crippen molar-refractivity contribution in [2.45, 2.75) is 63.3 Å².